The lowest BCUT2D eigenvalue weighted by atomic mass is 10.1. The Kier molecular flexibility index (Phi) is 3.65. The predicted octanol–water partition coefficient (Wildman–Crippen LogP) is -0.356. The minimum atomic E-state index is -0.459. The smallest absolute Gasteiger partial charge is 0.239 e. The molecule has 17 heavy (non-hydrogen) atoms. The number of morpholine rings is 1. The first-order chi connectivity index (χ1) is 8.18. The summed E-state index contributed by atoms with van der Waals surface area (Å²) in [7, 11) is 0. The number of carbonyl (C=O) groups excluding carboxylic acids is 1. The van der Waals surface area contributed by atoms with Gasteiger partial charge in [0, 0.05) is 31.0 Å². The summed E-state index contributed by atoms with van der Waals surface area (Å²) in [6.45, 7) is 4.44. The average molecular weight is 236 g/mol. The number of hydrogen-bond acceptors (Lipinski definition) is 5. The zero-order valence-corrected chi connectivity index (χ0v) is 9.80. The second-order valence-electron chi connectivity index (χ2n) is 4.02. The molecule has 1 atom stereocenters. The highest BCUT2D eigenvalue weighted by atomic mass is 16.5. The molecule has 1 aliphatic heterocycles. The second-order valence-corrected chi connectivity index (χ2v) is 4.02. The molecule has 2 heterocycles. The van der Waals surface area contributed by atoms with Crippen LogP contribution in [0.15, 0.2) is 12.4 Å². The van der Waals surface area contributed by atoms with Crippen molar-refractivity contribution >= 4 is 5.91 Å². The number of aryl methyl sites for hydroxylation is 1. The third kappa shape index (κ3) is 2.78. The standard InChI is InChI=1S/C11H16N4O2/c1-8-13-6-9(7-14-8)10(11(12)16)15-2-4-17-5-3-15/h6-7,10H,2-5H2,1H3,(H2,12,16)/t10-/m0/s1. The van der Waals surface area contributed by atoms with Gasteiger partial charge in [0.1, 0.15) is 11.9 Å². The number of rotatable bonds is 3. The Morgan fingerprint density at radius 3 is 2.53 bits per heavy atom. The van der Waals surface area contributed by atoms with Crippen LogP contribution in [0.25, 0.3) is 0 Å². The van der Waals surface area contributed by atoms with E-state index in [2.05, 4.69) is 9.97 Å². The fourth-order valence-corrected chi connectivity index (χ4v) is 1.93. The van der Waals surface area contributed by atoms with Gasteiger partial charge in [-0.15, -0.1) is 0 Å². The molecular formula is C11H16N4O2. The van der Waals surface area contributed by atoms with Crippen LogP contribution in [-0.2, 0) is 9.53 Å². The van der Waals surface area contributed by atoms with Gasteiger partial charge in [-0.1, -0.05) is 0 Å². The Morgan fingerprint density at radius 1 is 1.41 bits per heavy atom. The molecule has 1 saturated heterocycles. The largest absolute Gasteiger partial charge is 0.379 e. The molecule has 0 spiro atoms. The maximum Gasteiger partial charge on any atom is 0.239 e. The number of nitrogens with zero attached hydrogens (tertiary/aromatic N) is 3. The Bertz CT molecular complexity index is 387. The molecule has 1 fully saturated rings. The summed E-state index contributed by atoms with van der Waals surface area (Å²) in [5, 5.41) is 0. The lowest BCUT2D eigenvalue weighted by molar-refractivity contribution is -0.125. The van der Waals surface area contributed by atoms with Crippen molar-refractivity contribution in [1.82, 2.24) is 14.9 Å². The molecule has 1 aliphatic rings. The summed E-state index contributed by atoms with van der Waals surface area (Å²) >= 11 is 0. The number of primary amides is 1. The minimum absolute atomic E-state index is 0.376. The first-order valence-electron chi connectivity index (χ1n) is 5.58. The topological polar surface area (TPSA) is 81.3 Å². The van der Waals surface area contributed by atoms with Crippen LogP contribution in [0, 0.1) is 6.92 Å². The molecule has 0 saturated carbocycles. The third-order valence-corrected chi connectivity index (χ3v) is 2.80. The lowest BCUT2D eigenvalue weighted by Gasteiger charge is -2.32. The summed E-state index contributed by atoms with van der Waals surface area (Å²) in [6, 6.07) is -0.459. The Balaban J connectivity index is 2.21. The highest BCUT2D eigenvalue weighted by molar-refractivity contribution is 5.81. The van der Waals surface area contributed by atoms with E-state index < -0.39 is 6.04 Å². The summed E-state index contributed by atoms with van der Waals surface area (Å²) in [4.78, 5) is 21.8. The van der Waals surface area contributed by atoms with Gasteiger partial charge in [-0.2, -0.15) is 0 Å². The van der Waals surface area contributed by atoms with Gasteiger partial charge in [0.05, 0.1) is 13.2 Å². The van der Waals surface area contributed by atoms with E-state index in [1.807, 2.05) is 4.90 Å². The van der Waals surface area contributed by atoms with Gasteiger partial charge in [-0.25, -0.2) is 9.97 Å². The van der Waals surface area contributed by atoms with Gasteiger partial charge in [0.15, 0.2) is 0 Å². The van der Waals surface area contributed by atoms with Crippen molar-refractivity contribution in [3.63, 3.8) is 0 Å². The Labute approximate surface area is 99.8 Å². The maximum absolute atomic E-state index is 11.6. The van der Waals surface area contributed by atoms with Crippen molar-refractivity contribution in [1.29, 1.82) is 0 Å². The number of carbonyl (C=O) groups is 1. The zero-order chi connectivity index (χ0) is 12.3. The quantitative estimate of drug-likeness (QED) is 0.775. The zero-order valence-electron chi connectivity index (χ0n) is 9.80. The average Bonchev–Trinajstić information content (AvgIpc) is 2.33. The van der Waals surface area contributed by atoms with Crippen molar-refractivity contribution in [3.05, 3.63) is 23.8 Å². The number of amides is 1. The van der Waals surface area contributed by atoms with Gasteiger partial charge in [-0.3, -0.25) is 9.69 Å². The Hall–Kier alpha value is -1.53. The van der Waals surface area contributed by atoms with Crippen LogP contribution in [0.3, 0.4) is 0 Å². The van der Waals surface area contributed by atoms with Crippen molar-refractivity contribution in [2.45, 2.75) is 13.0 Å². The normalized spacial score (nSPS) is 18.9. The van der Waals surface area contributed by atoms with E-state index in [1.165, 1.54) is 0 Å². The molecule has 92 valence electrons. The summed E-state index contributed by atoms with van der Waals surface area (Å²) in [5.74, 6) is 0.304. The van der Waals surface area contributed by atoms with Gasteiger partial charge in [0.2, 0.25) is 5.91 Å². The van der Waals surface area contributed by atoms with E-state index in [-0.39, 0.29) is 5.91 Å². The molecular weight excluding hydrogens is 220 g/mol. The van der Waals surface area contributed by atoms with E-state index in [0.29, 0.717) is 32.1 Å². The van der Waals surface area contributed by atoms with Crippen LogP contribution >= 0.6 is 0 Å². The van der Waals surface area contributed by atoms with Crippen LogP contribution in [0.2, 0.25) is 0 Å². The van der Waals surface area contributed by atoms with Gasteiger partial charge >= 0.3 is 0 Å². The fraction of sp³-hybridized carbons (Fsp3) is 0.545. The lowest BCUT2D eigenvalue weighted by Crippen LogP contribution is -2.44. The molecule has 1 aromatic heterocycles. The number of hydrogen-bond donors (Lipinski definition) is 1. The summed E-state index contributed by atoms with van der Waals surface area (Å²) < 4.78 is 5.26. The van der Waals surface area contributed by atoms with E-state index in [1.54, 1.807) is 19.3 Å². The first kappa shape index (κ1) is 11.9. The van der Waals surface area contributed by atoms with Crippen LogP contribution in [0.4, 0.5) is 0 Å². The molecule has 6 heteroatoms. The number of ether oxygens (including phenoxy) is 1. The number of aromatic nitrogens is 2. The Morgan fingerprint density at radius 2 is 2.00 bits per heavy atom. The van der Waals surface area contributed by atoms with Gasteiger partial charge < -0.3 is 10.5 Å². The molecule has 1 aromatic rings. The SMILES string of the molecule is Cc1ncc([C@@H](C(N)=O)N2CCOCC2)cn1. The van der Waals surface area contributed by atoms with Crippen LogP contribution < -0.4 is 5.73 Å². The van der Waals surface area contributed by atoms with E-state index >= 15 is 0 Å². The molecule has 0 unspecified atom stereocenters. The minimum Gasteiger partial charge on any atom is -0.379 e. The van der Waals surface area contributed by atoms with Crippen molar-refractivity contribution in [2.75, 3.05) is 26.3 Å². The summed E-state index contributed by atoms with van der Waals surface area (Å²) in [6.07, 6.45) is 3.32. The molecule has 2 rings (SSSR count). The summed E-state index contributed by atoms with van der Waals surface area (Å²) in [5.41, 5.74) is 6.20. The van der Waals surface area contributed by atoms with Crippen LogP contribution in [0.1, 0.15) is 17.4 Å². The first-order valence-corrected chi connectivity index (χ1v) is 5.58. The fourth-order valence-electron chi connectivity index (χ4n) is 1.93. The molecule has 0 aromatic carbocycles. The third-order valence-electron chi connectivity index (χ3n) is 2.80. The monoisotopic (exact) mass is 236 g/mol. The molecule has 2 N–H and O–H groups in total. The highest BCUT2D eigenvalue weighted by Crippen LogP contribution is 2.20. The second kappa shape index (κ2) is 5.20. The number of nitrogens with two attached hydrogens (primary N) is 1. The molecule has 0 aliphatic carbocycles. The molecule has 0 radical (unpaired) electrons. The van der Waals surface area contributed by atoms with Crippen LogP contribution in [0.5, 0.6) is 0 Å². The predicted molar refractivity (Wildman–Crippen MR) is 61.1 cm³/mol. The maximum atomic E-state index is 11.6. The van der Waals surface area contributed by atoms with Crippen molar-refractivity contribution < 1.29 is 9.53 Å². The van der Waals surface area contributed by atoms with E-state index in [4.69, 9.17) is 10.5 Å². The van der Waals surface area contributed by atoms with Crippen LogP contribution in [-0.4, -0.2) is 47.1 Å². The van der Waals surface area contributed by atoms with E-state index in [9.17, 15) is 4.79 Å². The van der Waals surface area contributed by atoms with Crippen molar-refractivity contribution in [2.24, 2.45) is 5.73 Å². The van der Waals surface area contributed by atoms with Crippen molar-refractivity contribution in [3.8, 4) is 0 Å². The van der Waals surface area contributed by atoms with Gasteiger partial charge in [0.25, 0.3) is 0 Å². The van der Waals surface area contributed by atoms with E-state index in [0.717, 1.165) is 5.56 Å². The molecule has 6 nitrogen and oxygen atoms in total. The highest BCUT2D eigenvalue weighted by Gasteiger charge is 2.27. The molecule has 0 bridgehead atoms. The van der Waals surface area contributed by atoms with Gasteiger partial charge in [-0.05, 0) is 6.92 Å². The molecule has 1 amide bonds.